The van der Waals surface area contributed by atoms with Crippen LogP contribution >= 0.6 is 0 Å². The molecule has 0 aliphatic carbocycles. The van der Waals surface area contributed by atoms with E-state index in [1.807, 2.05) is 6.92 Å². The van der Waals surface area contributed by atoms with Crippen molar-refractivity contribution < 1.29 is 0 Å². The number of aromatic nitrogens is 3. The summed E-state index contributed by atoms with van der Waals surface area (Å²) >= 11 is 0. The lowest BCUT2D eigenvalue weighted by Crippen LogP contribution is -2.26. The molecule has 0 saturated carbocycles. The van der Waals surface area contributed by atoms with Crippen LogP contribution in [-0.2, 0) is 13.0 Å². The summed E-state index contributed by atoms with van der Waals surface area (Å²) in [6, 6.07) is 0. The van der Waals surface area contributed by atoms with E-state index in [2.05, 4.69) is 14.8 Å². The SMILES string of the molecule is Cc1nnc2n1C[C@@H](CN)CC2. The molecule has 2 heterocycles. The van der Waals surface area contributed by atoms with E-state index in [9.17, 15) is 0 Å². The standard InChI is InChI=1S/C8H14N4/c1-6-10-11-8-3-2-7(4-9)5-12(6)8/h7H,2-5,9H2,1H3/t7-/m1/s1. The molecule has 0 unspecified atom stereocenters. The molecule has 1 aromatic heterocycles. The normalized spacial score (nSPS) is 22.3. The molecule has 0 aromatic carbocycles. The molecule has 4 heteroatoms. The molecule has 12 heavy (non-hydrogen) atoms. The van der Waals surface area contributed by atoms with Gasteiger partial charge in [-0.15, -0.1) is 10.2 Å². The summed E-state index contributed by atoms with van der Waals surface area (Å²) in [7, 11) is 0. The van der Waals surface area contributed by atoms with Crippen molar-refractivity contribution in [2.75, 3.05) is 6.54 Å². The van der Waals surface area contributed by atoms with E-state index in [-0.39, 0.29) is 0 Å². The fraction of sp³-hybridized carbons (Fsp3) is 0.750. The average Bonchev–Trinajstić information content (AvgIpc) is 2.47. The highest BCUT2D eigenvalue weighted by molar-refractivity contribution is 4.98. The average molecular weight is 166 g/mol. The third-order valence-electron chi connectivity index (χ3n) is 2.56. The minimum Gasteiger partial charge on any atom is -0.330 e. The highest BCUT2D eigenvalue weighted by atomic mass is 15.3. The molecule has 0 radical (unpaired) electrons. The number of hydrogen-bond donors (Lipinski definition) is 1. The summed E-state index contributed by atoms with van der Waals surface area (Å²) in [6.07, 6.45) is 2.19. The lowest BCUT2D eigenvalue weighted by molar-refractivity contribution is 0.369. The van der Waals surface area contributed by atoms with Crippen molar-refractivity contribution in [3.8, 4) is 0 Å². The first-order chi connectivity index (χ1) is 5.81. The fourth-order valence-electron chi connectivity index (χ4n) is 1.72. The summed E-state index contributed by atoms with van der Waals surface area (Å²) < 4.78 is 2.18. The predicted molar refractivity (Wildman–Crippen MR) is 45.6 cm³/mol. The molecule has 0 fully saturated rings. The number of nitrogens with zero attached hydrogens (tertiary/aromatic N) is 3. The van der Waals surface area contributed by atoms with E-state index in [0.29, 0.717) is 5.92 Å². The van der Waals surface area contributed by atoms with Gasteiger partial charge in [0.25, 0.3) is 0 Å². The van der Waals surface area contributed by atoms with Crippen LogP contribution in [0.15, 0.2) is 0 Å². The Morgan fingerprint density at radius 1 is 1.58 bits per heavy atom. The molecule has 0 bridgehead atoms. The largest absolute Gasteiger partial charge is 0.330 e. The maximum atomic E-state index is 5.63. The second kappa shape index (κ2) is 2.86. The predicted octanol–water partition coefficient (Wildman–Crippen LogP) is 0.108. The molecule has 0 saturated heterocycles. The van der Waals surface area contributed by atoms with E-state index >= 15 is 0 Å². The van der Waals surface area contributed by atoms with Crippen LogP contribution in [0.5, 0.6) is 0 Å². The van der Waals surface area contributed by atoms with Gasteiger partial charge in [0.2, 0.25) is 0 Å². The Kier molecular flexibility index (Phi) is 1.84. The summed E-state index contributed by atoms with van der Waals surface area (Å²) in [5.41, 5.74) is 5.63. The Morgan fingerprint density at radius 2 is 2.42 bits per heavy atom. The van der Waals surface area contributed by atoms with Crippen LogP contribution in [0.2, 0.25) is 0 Å². The zero-order valence-electron chi connectivity index (χ0n) is 7.32. The van der Waals surface area contributed by atoms with E-state index in [0.717, 1.165) is 37.6 Å². The maximum Gasteiger partial charge on any atom is 0.133 e. The summed E-state index contributed by atoms with van der Waals surface area (Å²) in [4.78, 5) is 0. The molecular formula is C8H14N4. The highest BCUT2D eigenvalue weighted by Gasteiger charge is 2.19. The van der Waals surface area contributed by atoms with Gasteiger partial charge in [-0.1, -0.05) is 0 Å². The Balaban J connectivity index is 2.26. The zero-order valence-corrected chi connectivity index (χ0v) is 7.32. The molecule has 1 atom stereocenters. The van der Waals surface area contributed by atoms with Gasteiger partial charge in [-0.2, -0.15) is 0 Å². The summed E-state index contributed by atoms with van der Waals surface area (Å²) in [5, 5.41) is 8.14. The molecule has 1 aliphatic heterocycles. The molecular weight excluding hydrogens is 152 g/mol. The smallest absolute Gasteiger partial charge is 0.133 e. The maximum absolute atomic E-state index is 5.63. The van der Waals surface area contributed by atoms with E-state index in [1.165, 1.54) is 0 Å². The second-order valence-electron chi connectivity index (χ2n) is 3.41. The Labute approximate surface area is 71.8 Å². The zero-order chi connectivity index (χ0) is 8.55. The topological polar surface area (TPSA) is 56.7 Å². The van der Waals surface area contributed by atoms with Crippen LogP contribution in [0.1, 0.15) is 18.1 Å². The lowest BCUT2D eigenvalue weighted by Gasteiger charge is -2.22. The van der Waals surface area contributed by atoms with Gasteiger partial charge < -0.3 is 10.3 Å². The van der Waals surface area contributed by atoms with Crippen molar-refractivity contribution >= 4 is 0 Å². The first-order valence-corrected chi connectivity index (χ1v) is 4.40. The van der Waals surface area contributed by atoms with E-state index in [4.69, 9.17) is 5.73 Å². The Bertz CT molecular complexity index is 279. The molecule has 4 nitrogen and oxygen atoms in total. The van der Waals surface area contributed by atoms with Gasteiger partial charge >= 0.3 is 0 Å². The molecule has 2 rings (SSSR count). The van der Waals surface area contributed by atoms with Crippen LogP contribution in [0.3, 0.4) is 0 Å². The van der Waals surface area contributed by atoms with E-state index < -0.39 is 0 Å². The van der Waals surface area contributed by atoms with Gasteiger partial charge in [0.05, 0.1) is 0 Å². The van der Waals surface area contributed by atoms with Gasteiger partial charge in [0.15, 0.2) is 0 Å². The van der Waals surface area contributed by atoms with Crippen LogP contribution in [0.25, 0.3) is 0 Å². The molecule has 1 aliphatic rings. The summed E-state index contributed by atoms with van der Waals surface area (Å²) in [6.45, 7) is 3.77. The van der Waals surface area contributed by atoms with Gasteiger partial charge in [-0.05, 0) is 25.8 Å². The number of hydrogen-bond acceptors (Lipinski definition) is 3. The van der Waals surface area contributed by atoms with Crippen LogP contribution in [0.4, 0.5) is 0 Å². The number of nitrogens with two attached hydrogens (primary N) is 1. The van der Waals surface area contributed by atoms with Gasteiger partial charge in [-0.25, -0.2) is 0 Å². The van der Waals surface area contributed by atoms with Crippen molar-refractivity contribution in [2.45, 2.75) is 26.3 Å². The Morgan fingerprint density at radius 3 is 3.17 bits per heavy atom. The van der Waals surface area contributed by atoms with Gasteiger partial charge in [0.1, 0.15) is 11.6 Å². The first kappa shape index (κ1) is 7.73. The van der Waals surface area contributed by atoms with Crippen LogP contribution in [-0.4, -0.2) is 21.3 Å². The van der Waals surface area contributed by atoms with Crippen molar-refractivity contribution in [1.29, 1.82) is 0 Å². The Hall–Kier alpha value is -0.900. The fourth-order valence-corrected chi connectivity index (χ4v) is 1.72. The van der Waals surface area contributed by atoms with Crippen molar-refractivity contribution in [3.05, 3.63) is 11.6 Å². The first-order valence-electron chi connectivity index (χ1n) is 4.40. The number of fused-ring (bicyclic) bond motifs is 1. The van der Waals surface area contributed by atoms with Crippen LogP contribution in [0, 0.1) is 12.8 Å². The molecule has 0 spiro atoms. The second-order valence-corrected chi connectivity index (χ2v) is 3.41. The quantitative estimate of drug-likeness (QED) is 0.644. The molecule has 1 aromatic rings. The summed E-state index contributed by atoms with van der Waals surface area (Å²) in [5.74, 6) is 2.76. The van der Waals surface area contributed by atoms with Crippen molar-refractivity contribution in [1.82, 2.24) is 14.8 Å². The third kappa shape index (κ3) is 1.12. The minimum atomic E-state index is 0.618. The van der Waals surface area contributed by atoms with Crippen LogP contribution < -0.4 is 5.73 Å². The van der Waals surface area contributed by atoms with Gasteiger partial charge in [0, 0.05) is 13.0 Å². The third-order valence-corrected chi connectivity index (χ3v) is 2.56. The molecule has 2 N–H and O–H groups in total. The monoisotopic (exact) mass is 166 g/mol. The van der Waals surface area contributed by atoms with Gasteiger partial charge in [-0.3, -0.25) is 0 Å². The highest BCUT2D eigenvalue weighted by Crippen LogP contribution is 2.18. The van der Waals surface area contributed by atoms with Crippen molar-refractivity contribution in [3.63, 3.8) is 0 Å². The molecule has 0 amide bonds. The number of aryl methyl sites for hydroxylation is 2. The van der Waals surface area contributed by atoms with E-state index in [1.54, 1.807) is 0 Å². The van der Waals surface area contributed by atoms with Crippen molar-refractivity contribution in [2.24, 2.45) is 11.7 Å². The minimum absolute atomic E-state index is 0.618. The number of rotatable bonds is 1. The molecule has 66 valence electrons. The lowest BCUT2D eigenvalue weighted by atomic mass is 10.00.